The number of rotatable bonds is 3. The van der Waals surface area contributed by atoms with Crippen LogP contribution in [0.4, 0.5) is 10.3 Å². The molecule has 2 heterocycles. The summed E-state index contributed by atoms with van der Waals surface area (Å²) < 4.78 is 18.5. The summed E-state index contributed by atoms with van der Waals surface area (Å²) in [5, 5.41) is 11.5. The third-order valence-corrected chi connectivity index (χ3v) is 2.61. The van der Waals surface area contributed by atoms with Crippen LogP contribution in [0.1, 0.15) is 10.6 Å². The van der Waals surface area contributed by atoms with Gasteiger partial charge >= 0.3 is 5.69 Å². The van der Waals surface area contributed by atoms with Crippen LogP contribution in [-0.4, -0.2) is 26.2 Å². The van der Waals surface area contributed by atoms with Gasteiger partial charge in [-0.2, -0.15) is 0 Å². The summed E-state index contributed by atoms with van der Waals surface area (Å²) in [5.74, 6) is -1.35. The van der Waals surface area contributed by atoms with Crippen molar-refractivity contribution in [2.75, 3.05) is 5.32 Å². The minimum atomic E-state index is -0.690. The van der Waals surface area contributed by atoms with Crippen LogP contribution in [0.3, 0.4) is 0 Å². The Bertz CT molecular complexity index is 850. The molecule has 0 atom stereocenters. The molecule has 0 aliphatic rings. The molecule has 1 aromatic carbocycles. The number of carbonyl (C=O) groups is 1. The third-order valence-electron chi connectivity index (χ3n) is 2.61. The summed E-state index contributed by atoms with van der Waals surface area (Å²) in [6.07, 6.45) is 0. The molecule has 21 heavy (non-hydrogen) atoms. The highest BCUT2D eigenvalue weighted by molar-refractivity contribution is 6.00. The number of aromatic amines is 2. The van der Waals surface area contributed by atoms with Gasteiger partial charge in [0.2, 0.25) is 11.7 Å². The quantitative estimate of drug-likeness (QED) is 0.668. The van der Waals surface area contributed by atoms with E-state index in [0.29, 0.717) is 0 Å². The SMILES string of the molecule is O=C(Nc1cc(-c2ccccc2F)no1)c1n[nH]c(=O)[nH]1. The smallest absolute Gasteiger partial charge is 0.338 e. The zero-order valence-corrected chi connectivity index (χ0v) is 10.4. The van der Waals surface area contributed by atoms with Crippen LogP contribution < -0.4 is 11.0 Å². The van der Waals surface area contributed by atoms with E-state index in [4.69, 9.17) is 4.52 Å². The molecule has 0 fully saturated rings. The topological polar surface area (TPSA) is 117 Å². The van der Waals surface area contributed by atoms with Gasteiger partial charge < -0.3 is 4.52 Å². The summed E-state index contributed by atoms with van der Waals surface area (Å²) >= 11 is 0. The summed E-state index contributed by atoms with van der Waals surface area (Å²) in [6.45, 7) is 0. The lowest BCUT2D eigenvalue weighted by molar-refractivity contribution is 0.101. The van der Waals surface area contributed by atoms with Crippen LogP contribution in [0.15, 0.2) is 39.6 Å². The number of amides is 1. The molecule has 0 unspecified atom stereocenters. The van der Waals surface area contributed by atoms with E-state index in [0.717, 1.165) is 0 Å². The Hall–Kier alpha value is -3.23. The van der Waals surface area contributed by atoms with E-state index in [2.05, 4.69) is 25.7 Å². The first-order valence-electron chi connectivity index (χ1n) is 5.81. The first-order valence-corrected chi connectivity index (χ1v) is 5.81. The fraction of sp³-hybridized carbons (Fsp3) is 0. The van der Waals surface area contributed by atoms with Crippen molar-refractivity contribution < 1.29 is 13.7 Å². The number of hydrogen-bond donors (Lipinski definition) is 3. The van der Waals surface area contributed by atoms with E-state index < -0.39 is 17.4 Å². The number of benzene rings is 1. The monoisotopic (exact) mass is 289 g/mol. The largest absolute Gasteiger partial charge is 0.341 e. The van der Waals surface area contributed by atoms with E-state index in [1.807, 2.05) is 0 Å². The van der Waals surface area contributed by atoms with Gasteiger partial charge in [-0.3, -0.25) is 15.1 Å². The van der Waals surface area contributed by atoms with Crippen molar-refractivity contribution in [1.82, 2.24) is 20.3 Å². The van der Waals surface area contributed by atoms with E-state index >= 15 is 0 Å². The first kappa shape index (κ1) is 12.8. The Morgan fingerprint density at radius 2 is 2.14 bits per heavy atom. The van der Waals surface area contributed by atoms with E-state index in [1.165, 1.54) is 18.2 Å². The summed E-state index contributed by atoms with van der Waals surface area (Å²) in [4.78, 5) is 24.7. The number of H-pyrrole nitrogens is 2. The lowest BCUT2D eigenvalue weighted by atomic mass is 10.1. The van der Waals surface area contributed by atoms with E-state index in [-0.39, 0.29) is 23.0 Å². The number of carbonyl (C=O) groups excluding carboxylic acids is 1. The van der Waals surface area contributed by atoms with Gasteiger partial charge in [-0.1, -0.05) is 17.3 Å². The first-order chi connectivity index (χ1) is 10.1. The van der Waals surface area contributed by atoms with Crippen molar-refractivity contribution in [2.45, 2.75) is 0 Å². The molecule has 0 radical (unpaired) electrons. The lowest BCUT2D eigenvalue weighted by Gasteiger charge is -1.96. The van der Waals surface area contributed by atoms with Crippen molar-refractivity contribution in [2.24, 2.45) is 0 Å². The molecule has 1 amide bonds. The average Bonchev–Trinajstić information content (AvgIpc) is 3.08. The second kappa shape index (κ2) is 5.04. The highest BCUT2D eigenvalue weighted by atomic mass is 19.1. The minimum absolute atomic E-state index is 0.00195. The second-order valence-electron chi connectivity index (χ2n) is 4.04. The zero-order chi connectivity index (χ0) is 14.8. The van der Waals surface area contributed by atoms with Gasteiger partial charge in [-0.15, -0.1) is 5.10 Å². The van der Waals surface area contributed by atoms with Crippen molar-refractivity contribution in [3.8, 4) is 11.3 Å². The summed E-state index contributed by atoms with van der Waals surface area (Å²) in [7, 11) is 0. The highest BCUT2D eigenvalue weighted by Crippen LogP contribution is 2.24. The van der Waals surface area contributed by atoms with Gasteiger partial charge in [0.15, 0.2) is 0 Å². The number of halogens is 1. The van der Waals surface area contributed by atoms with Crippen molar-refractivity contribution >= 4 is 11.8 Å². The number of hydrogen-bond acceptors (Lipinski definition) is 5. The zero-order valence-electron chi connectivity index (χ0n) is 10.4. The predicted octanol–water partition coefficient (Wildman–Crippen LogP) is 1.14. The van der Waals surface area contributed by atoms with Crippen LogP contribution in [0.2, 0.25) is 0 Å². The maximum absolute atomic E-state index is 13.6. The number of nitrogens with one attached hydrogen (secondary N) is 3. The predicted molar refractivity (Wildman–Crippen MR) is 69.1 cm³/mol. The van der Waals surface area contributed by atoms with Crippen molar-refractivity contribution in [1.29, 1.82) is 0 Å². The Morgan fingerprint density at radius 3 is 2.86 bits per heavy atom. The van der Waals surface area contributed by atoms with Gasteiger partial charge in [-0.05, 0) is 12.1 Å². The molecule has 0 saturated heterocycles. The molecule has 3 rings (SSSR count). The van der Waals surface area contributed by atoms with Crippen molar-refractivity contribution in [3.05, 3.63) is 52.5 Å². The van der Waals surface area contributed by atoms with Crippen LogP contribution in [-0.2, 0) is 0 Å². The van der Waals surface area contributed by atoms with Gasteiger partial charge in [0.1, 0.15) is 11.5 Å². The molecule has 9 heteroatoms. The van der Waals surface area contributed by atoms with Gasteiger partial charge in [0.05, 0.1) is 0 Å². The molecule has 0 spiro atoms. The molecule has 3 N–H and O–H groups in total. The Kier molecular flexibility index (Phi) is 3.07. The minimum Gasteiger partial charge on any atom is -0.338 e. The maximum Gasteiger partial charge on any atom is 0.341 e. The molecule has 0 aliphatic heterocycles. The normalized spacial score (nSPS) is 10.5. The molecule has 0 saturated carbocycles. The van der Waals surface area contributed by atoms with Crippen LogP contribution in [0.25, 0.3) is 11.3 Å². The third kappa shape index (κ3) is 2.56. The fourth-order valence-corrected chi connectivity index (χ4v) is 1.68. The summed E-state index contributed by atoms with van der Waals surface area (Å²) in [5.41, 5.74) is -0.126. The molecule has 3 aromatic rings. The van der Waals surface area contributed by atoms with E-state index in [1.54, 1.807) is 12.1 Å². The highest BCUT2D eigenvalue weighted by Gasteiger charge is 2.15. The number of anilines is 1. The fourth-order valence-electron chi connectivity index (χ4n) is 1.68. The number of aromatic nitrogens is 4. The molecule has 0 bridgehead atoms. The molecular weight excluding hydrogens is 281 g/mol. The maximum atomic E-state index is 13.6. The lowest BCUT2D eigenvalue weighted by Crippen LogP contribution is -2.14. The average molecular weight is 289 g/mol. The van der Waals surface area contributed by atoms with Crippen LogP contribution in [0, 0.1) is 5.82 Å². The molecule has 2 aromatic heterocycles. The standard InChI is InChI=1S/C12H8FN5O3/c13-7-4-2-1-3-6(7)8-5-9(21-18-8)14-11(19)10-15-12(20)17-16-10/h1-5H,(H,14,19)(H2,15,16,17,20). The van der Waals surface area contributed by atoms with Gasteiger partial charge in [0, 0.05) is 11.6 Å². The van der Waals surface area contributed by atoms with Crippen LogP contribution >= 0.6 is 0 Å². The molecule has 106 valence electrons. The van der Waals surface area contributed by atoms with Gasteiger partial charge in [-0.25, -0.2) is 14.3 Å². The Labute approximate surface area is 116 Å². The molecule has 0 aliphatic carbocycles. The number of nitrogens with zero attached hydrogens (tertiary/aromatic N) is 2. The Balaban J connectivity index is 1.81. The molecule has 8 nitrogen and oxygen atoms in total. The van der Waals surface area contributed by atoms with Gasteiger partial charge in [0.25, 0.3) is 5.91 Å². The van der Waals surface area contributed by atoms with E-state index in [9.17, 15) is 14.0 Å². The second-order valence-corrected chi connectivity index (χ2v) is 4.04. The van der Waals surface area contributed by atoms with Crippen molar-refractivity contribution in [3.63, 3.8) is 0 Å². The Morgan fingerprint density at radius 1 is 1.33 bits per heavy atom. The molecular formula is C12H8FN5O3. The summed E-state index contributed by atoms with van der Waals surface area (Å²) in [6, 6.07) is 7.39. The van der Waals surface area contributed by atoms with Crippen LogP contribution in [0.5, 0.6) is 0 Å².